The Hall–Kier alpha value is -3.43. The van der Waals surface area contributed by atoms with Crippen molar-refractivity contribution in [2.45, 2.75) is 5.92 Å². The highest BCUT2D eigenvalue weighted by molar-refractivity contribution is 7.07. The van der Waals surface area contributed by atoms with Crippen LogP contribution in [0.3, 0.4) is 0 Å². The van der Waals surface area contributed by atoms with E-state index in [2.05, 4.69) is 0 Å². The van der Waals surface area contributed by atoms with Crippen molar-refractivity contribution in [2.75, 3.05) is 0 Å². The molecule has 0 saturated carbocycles. The Bertz CT molecular complexity index is 1550. The van der Waals surface area contributed by atoms with E-state index in [0.29, 0.717) is 11.3 Å². The molecule has 0 spiro atoms. The van der Waals surface area contributed by atoms with Gasteiger partial charge in [-0.05, 0) is 30.3 Å². The number of rotatable bonds is 2. The van der Waals surface area contributed by atoms with Gasteiger partial charge in [-0.3, -0.25) is 9.36 Å². The van der Waals surface area contributed by atoms with Crippen LogP contribution in [0.15, 0.2) is 46.8 Å². The van der Waals surface area contributed by atoms with Crippen molar-refractivity contribution in [3.8, 4) is 12.1 Å². The first-order chi connectivity index (χ1) is 15.3. The number of hydrogen-bond donors (Lipinski definition) is 1. The van der Waals surface area contributed by atoms with Crippen LogP contribution < -0.4 is 20.5 Å². The third-order valence-corrected chi connectivity index (χ3v) is 6.63. The molecule has 0 saturated heterocycles. The van der Waals surface area contributed by atoms with Crippen LogP contribution in [0.25, 0.3) is 17.5 Å². The molecule has 2 heterocycles. The van der Waals surface area contributed by atoms with E-state index in [1.165, 1.54) is 41.0 Å². The van der Waals surface area contributed by atoms with Gasteiger partial charge < -0.3 is 5.73 Å². The Morgan fingerprint density at radius 2 is 1.66 bits per heavy atom. The number of halogens is 4. The van der Waals surface area contributed by atoms with Gasteiger partial charge in [0.2, 0.25) is 0 Å². The number of fused-ring (bicyclic) bond motifs is 1. The minimum absolute atomic E-state index is 0.000535. The van der Waals surface area contributed by atoms with Gasteiger partial charge in [0.05, 0.1) is 34.2 Å². The Labute approximate surface area is 193 Å². The zero-order valence-electron chi connectivity index (χ0n) is 15.9. The molecule has 1 aliphatic rings. The number of nitrogens with two attached hydrogens (primary N) is 1. The number of nitriles is 2. The summed E-state index contributed by atoms with van der Waals surface area (Å²) in [5.41, 5.74) is 5.85. The van der Waals surface area contributed by atoms with Crippen LogP contribution in [0, 0.1) is 34.3 Å². The summed E-state index contributed by atoms with van der Waals surface area (Å²) in [5, 5.41) is 19.7. The van der Waals surface area contributed by atoms with Gasteiger partial charge in [0.15, 0.2) is 0 Å². The van der Waals surface area contributed by atoms with Crippen LogP contribution in [-0.2, 0) is 0 Å². The predicted octanol–water partition coefficient (Wildman–Crippen LogP) is 3.45. The maximum atomic E-state index is 14.7. The number of thiazole rings is 1. The number of nitrogens with zero attached hydrogens (tertiary/aromatic N) is 3. The third-order valence-electron chi connectivity index (χ3n) is 4.98. The van der Waals surface area contributed by atoms with E-state index in [-0.39, 0.29) is 48.2 Å². The average Bonchev–Trinajstić information content (AvgIpc) is 3.07. The zero-order chi connectivity index (χ0) is 23.2. The van der Waals surface area contributed by atoms with E-state index in [4.69, 9.17) is 28.9 Å². The summed E-state index contributed by atoms with van der Waals surface area (Å²) in [5.74, 6) is -2.80. The summed E-state index contributed by atoms with van der Waals surface area (Å²) in [6.07, 6.45) is 1.20. The topological polar surface area (TPSA) is 95.6 Å². The van der Waals surface area contributed by atoms with Gasteiger partial charge in [-0.2, -0.15) is 10.5 Å². The second-order valence-electron chi connectivity index (χ2n) is 6.70. The number of benzene rings is 2. The summed E-state index contributed by atoms with van der Waals surface area (Å²) in [6, 6.07) is 11.9. The normalized spacial score (nSPS) is 16.0. The molecular formula is C22H10Cl2F2N4OS. The van der Waals surface area contributed by atoms with Gasteiger partial charge in [-0.25, -0.2) is 8.78 Å². The van der Waals surface area contributed by atoms with Crippen LogP contribution in [0.4, 0.5) is 8.78 Å². The molecule has 158 valence electrons. The lowest BCUT2D eigenvalue weighted by Gasteiger charge is -2.24. The Kier molecular flexibility index (Phi) is 5.62. The first kappa shape index (κ1) is 21.8. The van der Waals surface area contributed by atoms with E-state index < -0.39 is 22.3 Å². The van der Waals surface area contributed by atoms with Crippen molar-refractivity contribution in [2.24, 2.45) is 5.73 Å². The third kappa shape index (κ3) is 3.30. The molecule has 2 aromatic carbocycles. The lowest BCUT2D eigenvalue weighted by Crippen LogP contribution is -2.39. The molecule has 0 amide bonds. The molecule has 1 aliphatic heterocycles. The van der Waals surface area contributed by atoms with Gasteiger partial charge in [-0.15, -0.1) is 0 Å². The van der Waals surface area contributed by atoms with Gasteiger partial charge in [-0.1, -0.05) is 46.7 Å². The fourth-order valence-electron chi connectivity index (χ4n) is 3.56. The quantitative estimate of drug-likeness (QED) is 0.599. The molecule has 0 aliphatic carbocycles. The number of allylic oxidation sites excluding steroid dienone is 1. The second kappa shape index (κ2) is 8.25. The van der Waals surface area contributed by atoms with Crippen molar-refractivity contribution >= 4 is 52.0 Å². The number of hydrogen-bond acceptors (Lipinski definition) is 5. The molecule has 0 unspecified atom stereocenters. The van der Waals surface area contributed by atoms with E-state index >= 15 is 0 Å². The molecule has 10 heteroatoms. The fraction of sp³-hybridized carbons (Fsp3) is 0.0455. The minimum atomic E-state index is -1.21. The Balaban J connectivity index is 2.17. The standard InChI is InChI=1S/C22H10Cl2F2N4OS/c23-13-3-1-5-15(25)10(13)7-17-22(31)32-21-12(9-28)18(11(8-27)20(29)30(17)21)19-14(24)4-2-6-16(19)26/h1-7,18H,29H2/t18-/m0/s1. The molecule has 1 atom stereocenters. The van der Waals surface area contributed by atoms with Gasteiger partial charge in [0.25, 0.3) is 4.74 Å². The fourth-order valence-corrected chi connectivity index (χ4v) is 5.04. The summed E-state index contributed by atoms with van der Waals surface area (Å²) in [7, 11) is 0. The van der Waals surface area contributed by atoms with Crippen LogP contribution in [0.1, 0.15) is 17.0 Å². The lowest BCUT2D eigenvalue weighted by molar-refractivity contribution is 0.609. The summed E-state index contributed by atoms with van der Waals surface area (Å²) < 4.78 is 29.8. The van der Waals surface area contributed by atoms with Crippen molar-refractivity contribution in [1.29, 1.82) is 10.5 Å². The summed E-state index contributed by atoms with van der Waals surface area (Å²) in [6.45, 7) is 0. The Morgan fingerprint density at radius 1 is 1.03 bits per heavy atom. The lowest BCUT2D eigenvalue weighted by atomic mass is 9.84. The molecule has 32 heavy (non-hydrogen) atoms. The van der Waals surface area contributed by atoms with Crippen molar-refractivity contribution in [1.82, 2.24) is 4.57 Å². The summed E-state index contributed by atoms with van der Waals surface area (Å²) >= 11 is 12.9. The average molecular weight is 487 g/mol. The zero-order valence-corrected chi connectivity index (χ0v) is 18.2. The molecule has 0 bridgehead atoms. The SMILES string of the molecule is N#CC1=C(N)n2c(sc(=O)c2=Cc2c(F)cccc2Cl)=C(C#N)[C@H]1c1c(F)cccc1Cl. The minimum Gasteiger partial charge on any atom is -0.384 e. The Morgan fingerprint density at radius 3 is 2.25 bits per heavy atom. The van der Waals surface area contributed by atoms with E-state index in [0.717, 1.165) is 6.07 Å². The first-order valence-corrected chi connectivity index (χ1v) is 10.5. The number of aromatic nitrogens is 1. The van der Waals surface area contributed by atoms with Crippen molar-refractivity contribution in [3.05, 3.63) is 94.3 Å². The highest BCUT2D eigenvalue weighted by atomic mass is 35.5. The van der Waals surface area contributed by atoms with Gasteiger partial charge in [0, 0.05) is 16.1 Å². The van der Waals surface area contributed by atoms with E-state index in [1.807, 2.05) is 12.1 Å². The molecule has 2 N–H and O–H groups in total. The first-order valence-electron chi connectivity index (χ1n) is 8.96. The molecule has 5 nitrogen and oxygen atoms in total. The predicted molar refractivity (Wildman–Crippen MR) is 119 cm³/mol. The second-order valence-corrected chi connectivity index (χ2v) is 8.48. The van der Waals surface area contributed by atoms with Crippen LogP contribution >= 0.6 is 34.5 Å². The van der Waals surface area contributed by atoms with E-state index in [1.54, 1.807) is 0 Å². The molecule has 4 rings (SSSR count). The van der Waals surface area contributed by atoms with Crippen LogP contribution in [-0.4, -0.2) is 4.57 Å². The largest absolute Gasteiger partial charge is 0.384 e. The maximum Gasteiger partial charge on any atom is 0.258 e. The molecular weight excluding hydrogens is 477 g/mol. The van der Waals surface area contributed by atoms with Crippen LogP contribution in [0.2, 0.25) is 10.0 Å². The van der Waals surface area contributed by atoms with Gasteiger partial charge in [0.1, 0.15) is 27.5 Å². The molecule has 1 aromatic heterocycles. The summed E-state index contributed by atoms with van der Waals surface area (Å²) in [4.78, 5) is 12.8. The molecule has 0 fully saturated rings. The highest BCUT2D eigenvalue weighted by Crippen LogP contribution is 2.40. The monoisotopic (exact) mass is 486 g/mol. The van der Waals surface area contributed by atoms with Crippen molar-refractivity contribution < 1.29 is 8.78 Å². The van der Waals surface area contributed by atoms with Crippen LogP contribution in [0.5, 0.6) is 0 Å². The van der Waals surface area contributed by atoms with E-state index in [9.17, 15) is 24.1 Å². The molecule has 0 radical (unpaired) electrons. The molecule has 3 aromatic rings. The smallest absolute Gasteiger partial charge is 0.258 e. The van der Waals surface area contributed by atoms with Gasteiger partial charge >= 0.3 is 0 Å². The van der Waals surface area contributed by atoms with Crippen molar-refractivity contribution in [3.63, 3.8) is 0 Å². The highest BCUT2D eigenvalue weighted by Gasteiger charge is 2.35. The maximum absolute atomic E-state index is 14.7.